The summed E-state index contributed by atoms with van der Waals surface area (Å²) >= 11 is 0. The number of fused-ring (bicyclic) bond motifs is 1. The van der Waals surface area contributed by atoms with E-state index in [4.69, 9.17) is 9.47 Å². The zero-order valence-electron chi connectivity index (χ0n) is 12.6. The maximum atomic E-state index is 6.44. The molecule has 0 aromatic heterocycles. The van der Waals surface area contributed by atoms with Crippen LogP contribution in [0.1, 0.15) is 57.1 Å². The Labute approximate surface area is 121 Å². The Hall–Kier alpha value is -1.22. The summed E-state index contributed by atoms with van der Waals surface area (Å²) < 4.78 is 11.8. The third-order valence-corrected chi connectivity index (χ3v) is 4.71. The van der Waals surface area contributed by atoms with Crippen molar-refractivity contribution >= 4 is 0 Å². The van der Waals surface area contributed by atoms with Gasteiger partial charge in [-0.05, 0) is 50.4 Å². The van der Waals surface area contributed by atoms with Crippen molar-refractivity contribution in [2.24, 2.45) is 0 Å². The van der Waals surface area contributed by atoms with Gasteiger partial charge in [0.2, 0.25) is 0 Å². The fraction of sp³-hybridized carbons (Fsp3) is 0.647. The van der Waals surface area contributed by atoms with Gasteiger partial charge in [-0.2, -0.15) is 0 Å². The highest BCUT2D eigenvalue weighted by Gasteiger charge is 2.41. The molecule has 1 aliphatic carbocycles. The van der Waals surface area contributed by atoms with E-state index < -0.39 is 0 Å². The highest BCUT2D eigenvalue weighted by Crippen LogP contribution is 2.46. The standard InChI is InChI=1S/C17H25NO2/c1-3-18-15-12-17(9-5-4-6-10-17)20-16-8-7-13(19-2)11-14(15)16/h7-8,11,15,18H,3-6,9-10,12H2,1-2H3. The Bertz CT molecular complexity index is 466. The topological polar surface area (TPSA) is 30.5 Å². The smallest absolute Gasteiger partial charge is 0.125 e. The van der Waals surface area contributed by atoms with Crippen molar-refractivity contribution in [3.63, 3.8) is 0 Å². The van der Waals surface area contributed by atoms with Gasteiger partial charge >= 0.3 is 0 Å². The molecule has 1 unspecified atom stereocenters. The summed E-state index contributed by atoms with van der Waals surface area (Å²) in [6.07, 6.45) is 7.42. The lowest BCUT2D eigenvalue weighted by atomic mass is 9.77. The minimum absolute atomic E-state index is 0.0622. The minimum Gasteiger partial charge on any atom is -0.497 e. The highest BCUT2D eigenvalue weighted by atomic mass is 16.5. The van der Waals surface area contributed by atoms with Gasteiger partial charge in [0.05, 0.1) is 7.11 Å². The Kier molecular flexibility index (Phi) is 3.88. The number of rotatable bonds is 3. The number of methoxy groups -OCH3 is 1. The van der Waals surface area contributed by atoms with Gasteiger partial charge in [-0.15, -0.1) is 0 Å². The zero-order valence-corrected chi connectivity index (χ0v) is 12.6. The summed E-state index contributed by atoms with van der Waals surface area (Å²) in [6, 6.07) is 6.59. The first-order valence-electron chi connectivity index (χ1n) is 7.87. The van der Waals surface area contributed by atoms with Crippen LogP contribution in [0.5, 0.6) is 11.5 Å². The third kappa shape index (κ3) is 2.51. The number of hydrogen-bond donors (Lipinski definition) is 1. The Morgan fingerprint density at radius 3 is 2.80 bits per heavy atom. The molecular weight excluding hydrogens is 250 g/mol. The zero-order chi connectivity index (χ0) is 14.0. The summed E-state index contributed by atoms with van der Waals surface area (Å²) in [5, 5.41) is 3.63. The Morgan fingerprint density at radius 2 is 2.10 bits per heavy atom. The van der Waals surface area contributed by atoms with Crippen LogP contribution in [0.25, 0.3) is 0 Å². The van der Waals surface area contributed by atoms with Crippen molar-refractivity contribution in [3.05, 3.63) is 23.8 Å². The summed E-state index contributed by atoms with van der Waals surface area (Å²) in [7, 11) is 1.72. The minimum atomic E-state index is 0.0622. The van der Waals surface area contributed by atoms with Crippen molar-refractivity contribution < 1.29 is 9.47 Å². The van der Waals surface area contributed by atoms with Crippen LogP contribution in [-0.4, -0.2) is 19.3 Å². The van der Waals surface area contributed by atoms with E-state index in [2.05, 4.69) is 24.4 Å². The van der Waals surface area contributed by atoms with Gasteiger partial charge in [-0.3, -0.25) is 0 Å². The first-order chi connectivity index (χ1) is 9.76. The summed E-state index contributed by atoms with van der Waals surface area (Å²) in [5.74, 6) is 1.96. The summed E-state index contributed by atoms with van der Waals surface area (Å²) in [4.78, 5) is 0. The normalized spacial score (nSPS) is 24.0. The van der Waals surface area contributed by atoms with Crippen molar-refractivity contribution in [3.8, 4) is 11.5 Å². The van der Waals surface area contributed by atoms with E-state index in [1.807, 2.05) is 6.07 Å². The number of benzene rings is 1. The first kappa shape index (κ1) is 13.7. The van der Waals surface area contributed by atoms with E-state index in [0.717, 1.165) is 24.5 Å². The molecule has 110 valence electrons. The predicted molar refractivity (Wildman–Crippen MR) is 80.5 cm³/mol. The first-order valence-corrected chi connectivity index (χ1v) is 7.87. The second-order valence-corrected chi connectivity index (χ2v) is 6.06. The number of nitrogens with one attached hydrogen (secondary N) is 1. The largest absolute Gasteiger partial charge is 0.497 e. The molecule has 0 amide bonds. The molecule has 1 atom stereocenters. The van der Waals surface area contributed by atoms with E-state index in [9.17, 15) is 0 Å². The molecule has 0 radical (unpaired) electrons. The maximum absolute atomic E-state index is 6.44. The lowest BCUT2D eigenvalue weighted by Gasteiger charge is -2.44. The second kappa shape index (κ2) is 5.65. The molecule has 3 heteroatoms. The Morgan fingerprint density at radius 1 is 1.30 bits per heavy atom. The van der Waals surface area contributed by atoms with Crippen LogP contribution in [0, 0.1) is 0 Å². The van der Waals surface area contributed by atoms with Gasteiger partial charge in [-0.1, -0.05) is 13.3 Å². The van der Waals surface area contributed by atoms with Gasteiger partial charge in [0, 0.05) is 18.0 Å². The van der Waals surface area contributed by atoms with E-state index in [1.54, 1.807) is 7.11 Å². The monoisotopic (exact) mass is 275 g/mol. The molecule has 3 nitrogen and oxygen atoms in total. The van der Waals surface area contributed by atoms with Gasteiger partial charge < -0.3 is 14.8 Å². The highest BCUT2D eigenvalue weighted by molar-refractivity contribution is 5.44. The molecule has 2 aliphatic rings. The molecule has 1 heterocycles. The predicted octanol–water partition coefficient (Wildman–Crippen LogP) is 3.83. The maximum Gasteiger partial charge on any atom is 0.125 e. The van der Waals surface area contributed by atoms with Crippen LogP contribution in [-0.2, 0) is 0 Å². The summed E-state index contributed by atoms with van der Waals surface area (Å²) in [6.45, 7) is 3.15. The average molecular weight is 275 g/mol. The number of hydrogen-bond acceptors (Lipinski definition) is 3. The van der Waals surface area contributed by atoms with Crippen LogP contribution in [0.3, 0.4) is 0 Å². The summed E-state index contributed by atoms with van der Waals surface area (Å²) in [5.41, 5.74) is 1.31. The van der Waals surface area contributed by atoms with E-state index in [1.165, 1.54) is 37.7 Å². The van der Waals surface area contributed by atoms with Gasteiger partial charge in [0.15, 0.2) is 0 Å². The van der Waals surface area contributed by atoms with Crippen LogP contribution in [0.4, 0.5) is 0 Å². The van der Waals surface area contributed by atoms with Crippen molar-refractivity contribution in [2.75, 3.05) is 13.7 Å². The lowest BCUT2D eigenvalue weighted by molar-refractivity contribution is -0.00254. The van der Waals surface area contributed by atoms with Gasteiger partial charge in [0.1, 0.15) is 17.1 Å². The number of ether oxygens (including phenoxy) is 2. The molecule has 1 spiro atoms. The van der Waals surface area contributed by atoms with Gasteiger partial charge in [0.25, 0.3) is 0 Å². The molecule has 0 bridgehead atoms. The quantitative estimate of drug-likeness (QED) is 0.909. The van der Waals surface area contributed by atoms with Crippen molar-refractivity contribution in [2.45, 2.75) is 57.1 Å². The molecule has 1 aliphatic heterocycles. The molecule has 1 saturated carbocycles. The molecule has 1 aromatic carbocycles. The van der Waals surface area contributed by atoms with Crippen LogP contribution >= 0.6 is 0 Å². The molecular formula is C17H25NO2. The van der Waals surface area contributed by atoms with Crippen LogP contribution in [0.15, 0.2) is 18.2 Å². The van der Waals surface area contributed by atoms with E-state index in [0.29, 0.717) is 6.04 Å². The van der Waals surface area contributed by atoms with Crippen LogP contribution in [0.2, 0.25) is 0 Å². The fourth-order valence-electron chi connectivity index (χ4n) is 3.71. The molecule has 3 rings (SSSR count). The third-order valence-electron chi connectivity index (χ3n) is 4.71. The molecule has 1 aromatic rings. The van der Waals surface area contributed by atoms with Gasteiger partial charge in [-0.25, -0.2) is 0 Å². The molecule has 0 saturated heterocycles. The molecule has 1 N–H and O–H groups in total. The average Bonchev–Trinajstić information content (AvgIpc) is 2.48. The SMILES string of the molecule is CCNC1CC2(CCCCC2)Oc2ccc(OC)cc21. The van der Waals surface area contributed by atoms with E-state index in [-0.39, 0.29) is 5.60 Å². The lowest BCUT2D eigenvalue weighted by Crippen LogP contribution is -2.45. The molecule has 1 fully saturated rings. The Balaban J connectivity index is 1.93. The second-order valence-electron chi connectivity index (χ2n) is 6.06. The molecule has 20 heavy (non-hydrogen) atoms. The van der Waals surface area contributed by atoms with Crippen molar-refractivity contribution in [1.29, 1.82) is 0 Å². The fourth-order valence-corrected chi connectivity index (χ4v) is 3.71. The van der Waals surface area contributed by atoms with Crippen molar-refractivity contribution in [1.82, 2.24) is 5.32 Å². The van der Waals surface area contributed by atoms with Crippen LogP contribution < -0.4 is 14.8 Å². The van der Waals surface area contributed by atoms with E-state index >= 15 is 0 Å².